The molecule has 0 N–H and O–H groups in total. The Morgan fingerprint density at radius 2 is 1.96 bits per heavy atom. The lowest BCUT2D eigenvalue weighted by Gasteiger charge is -2.08. The van der Waals surface area contributed by atoms with Gasteiger partial charge in [0.1, 0.15) is 5.75 Å². The highest BCUT2D eigenvalue weighted by atomic mass is 127. The van der Waals surface area contributed by atoms with Crippen molar-refractivity contribution >= 4 is 40.1 Å². The summed E-state index contributed by atoms with van der Waals surface area (Å²) in [5, 5.41) is 6.76. The Kier molecular flexibility index (Phi) is 6.40. The van der Waals surface area contributed by atoms with Crippen molar-refractivity contribution < 1.29 is 4.74 Å². The van der Waals surface area contributed by atoms with Gasteiger partial charge in [-0.3, -0.25) is 4.99 Å². The number of aromatic nitrogens is 1. The topological polar surface area (TPSA) is 38.9 Å². The highest BCUT2D eigenvalue weighted by Gasteiger charge is 2.11. The highest BCUT2D eigenvalue weighted by molar-refractivity contribution is 14.1. The quantitative estimate of drug-likeness (QED) is 0.287. The van der Waals surface area contributed by atoms with E-state index in [0.717, 1.165) is 30.9 Å². The Labute approximate surface area is 170 Å². The fourth-order valence-electron chi connectivity index (χ4n) is 2.40. The van der Waals surface area contributed by atoms with Crippen LogP contribution in [-0.2, 0) is 0 Å². The van der Waals surface area contributed by atoms with E-state index in [1.54, 1.807) is 24.5 Å². The normalized spacial score (nSPS) is 11.8. The molecule has 0 amide bonds. The number of benzene rings is 2. The zero-order valence-electron chi connectivity index (χ0n) is 14.3. The van der Waals surface area contributed by atoms with Crippen LogP contribution >= 0.6 is 33.9 Å². The molecule has 4 nitrogen and oxygen atoms in total. The second kappa shape index (κ2) is 8.95. The summed E-state index contributed by atoms with van der Waals surface area (Å²) in [6, 6.07) is 16.0. The number of thiazole rings is 1. The van der Waals surface area contributed by atoms with E-state index >= 15 is 0 Å². The molecule has 0 aliphatic heterocycles. The minimum absolute atomic E-state index is 0.546. The molecule has 3 aromatic rings. The fourth-order valence-corrected chi connectivity index (χ4v) is 3.77. The Morgan fingerprint density at radius 3 is 2.73 bits per heavy atom. The van der Waals surface area contributed by atoms with Crippen LogP contribution in [0.5, 0.6) is 5.75 Å². The molecule has 0 bridgehead atoms. The number of halogens is 1. The second-order valence-electron chi connectivity index (χ2n) is 5.31. The SMILES string of the molecule is C=CCN=c1scc(-c2ccccc2OC)n1N=Cc1ccccc1I. The maximum Gasteiger partial charge on any atom is 0.206 e. The van der Waals surface area contributed by atoms with Crippen molar-refractivity contribution in [3.63, 3.8) is 0 Å². The summed E-state index contributed by atoms with van der Waals surface area (Å²) in [7, 11) is 1.67. The lowest BCUT2D eigenvalue weighted by Crippen LogP contribution is -2.12. The van der Waals surface area contributed by atoms with Gasteiger partial charge in [-0.25, -0.2) is 4.68 Å². The lowest BCUT2D eigenvalue weighted by molar-refractivity contribution is 0.416. The molecular formula is C20H18IN3OS. The van der Waals surface area contributed by atoms with Crippen LogP contribution in [0.4, 0.5) is 0 Å². The maximum absolute atomic E-state index is 5.52. The number of para-hydroxylation sites is 1. The van der Waals surface area contributed by atoms with E-state index in [-0.39, 0.29) is 0 Å². The molecule has 0 aliphatic carbocycles. The zero-order valence-corrected chi connectivity index (χ0v) is 17.3. The first-order valence-electron chi connectivity index (χ1n) is 7.98. The molecule has 2 aromatic carbocycles. The smallest absolute Gasteiger partial charge is 0.206 e. The van der Waals surface area contributed by atoms with Crippen LogP contribution in [-0.4, -0.2) is 24.5 Å². The van der Waals surface area contributed by atoms with Crippen molar-refractivity contribution in [3.05, 3.63) is 80.5 Å². The zero-order chi connectivity index (χ0) is 18.4. The van der Waals surface area contributed by atoms with Crippen molar-refractivity contribution in [1.29, 1.82) is 0 Å². The third-order valence-corrected chi connectivity index (χ3v) is 5.48. The van der Waals surface area contributed by atoms with Gasteiger partial charge in [0.25, 0.3) is 0 Å². The summed E-state index contributed by atoms with van der Waals surface area (Å²) in [5.74, 6) is 0.804. The molecular weight excluding hydrogens is 457 g/mol. The van der Waals surface area contributed by atoms with Crippen molar-refractivity contribution in [1.82, 2.24) is 4.68 Å². The molecule has 26 heavy (non-hydrogen) atoms. The van der Waals surface area contributed by atoms with Crippen molar-refractivity contribution in [2.24, 2.45) is 10.1 Å². The van der Waals surface area contributed by atoms with E-state index in [0.29, 0.717) is 6.54 Å². The van der Waals surface area contributed by atoms with Crippen LogP contribution in [0.25, 0.3) is 11.3 Å². The molecule has 0 aliphatic rings. The molecule has 6 heteroatoms. The highest BCUT2D eigenvalue weighted by Crippen LogP contribution is 2.29. The summed E-state index contributed by atoms with van der Waals surface area (Å²) in [6.45, 7) is 4.29. The van der Waals surface area contributed by atoms with Crippen LogP contribution in [0.3, 0.4) is 0 Å². The molecule has 0 unspecified atom stereocenters. The third-order valence-electron chi connectivity index (χ3n) is 3.64. The maximum atomic E-state index is 5.52. The van der Waals surface area contributed by atoms with Crippen LogP contribution < -0.4 is 9.54 Å². The van der Waals surface area contributed by atoms with Gasteiger partial charge in [0.15, 0.2) is 0 Å². The third kappa shape index (κ3) is 4.13. The van der Waals surface area contributed by atoms with E-state index < -0.39 is 0 Å². The van der Waals surface area contributed by atoms with Gasteiger partial charge in [-0.1, -0.05) is 36.4 Å². The molecule has 0 atom stereocenters. The van der Waals surface area contributed by atoms with Gasteiger partial charge in [-0.2, -0.15) is 5.10 Å². The Morgan fingerprint density at radius 1 is 1.19 bits per heavy atom. The summed E-state index contributed by atoms with van der Waals surface area (Å²) < 4.78 is 8.52. The number of ether oxygens (including phenoxy) is 1. The van der Waals surface area contributed by atoms with Gasteiger partial charge < -0.3 is 4.74 Å². The largest absolute Gasteiger partial charge is 0.496 e. The summed E-state index contributed by atoms with van der Waals surface area (Å²) in [6.07, 6.45) is 3.64. The summed E-state index contributed by atoms with van der Waals surface area (Å²) >= 11 is 3.86. The number of hydrogen-bond donors (Lipinski definition) is 0. The first kappa shape index (κ1) is 18.6. The lowest BCUT2D eigenvalue weighted by atomic mass is 10.1. The number of hydrogen-bond acceptors (Lipinski definition) is 4. The molecule has 0 saturated heterocycles. The minimum atomic E-state index is 0.546. The average Bonchev–Trinajstić information content (AvgIpc) is 3.08. The fraction of sp³-hybridized carbons (Fsp3) is 0.100. The number of nitrogens with zero attached hydrogens (tertiary/aromatic N) is 3. The summed E-state index contributed by atoms with van der Waals surface area (Å²) in [4.78, 5) is 5.38. The standard InChI is InChI=1S/C20H18IN3OS/c1-3-12-22-20-24(23-13-15-8-4-6-10-17(15)21)18(14-26-20)16-9-5-7-11-19(16)25-2/h3-11,13-14H,1,12H2,2H3. The minimum Gasteiger partial charge on any atom is -0.496 e. The Balaban J connectivity index is 2.14. The number of methoxy groups -OCH3 is 1. The molecule has 0 radical (unpaired) electrons. The van der Waals surface area contributed by atoms with Gasteiger partial charge in [-0.05, 0) is 40.8 Å². The molecule has 0 spiro atoms. The Bertz CT molecular complexity index is 1000. The van der Waals surface area contributed by atoms with Gasteiger partial charge in [0, 0.05) is 20.1 Å². The van der Waals surface area contributed by atoms with Gasteiger partial charge >= 0.3 is 0 Å². The van der Waals surface area contributed by atoms with E-state index in [1.165, 1.54) is 0 Å². The van der Waals surface area contributed by atoms with Gasteiger partial charge in [-0.15, -0.1) is 17.9 Å². The summed E-state index contributed by atoms with van der Waals surface area (Å²) in [5.41, 5.74) is 2.98. The second-order valence-corrected chi connectivity index (χ2v) is 7.31. The number of rotatable bonds is 6. The Hall–Kier alpha value is -2.19. The molecule has 0 fully saturated rings. The molecule has 1 heterocycles. The van der Waals surface area contributed by atoms with E-state index in [4.69, 9.17) is 9.84 Å². The average molecular weight is 475 g/mol. The molecule has 3 rings (SSSR count). The molecule has 0 saturated carbocycles. The van der Waals surface area contributed by atoms with Crippen molar-refractivity contribution in [2.45, 2.75) is 0 Å². The van der Waals surface area contributed by atoms with Crippen LogP contribution in [0.2, 0.25) is 0 Å². The first-order chi connectivity index (χ1) is 12.7. The van der Waals surface area contributed by atoms with Crippen LogP contribution in [0.15, 0.2) is 76.7 Å². The predicted octanol–water partition coefficient (Wildman–Crippen LogP) is 4.80. The van der Waals surface area contributed by atoms with E-state index in [1.807, 2.05) is 58.7 Å². The van der Waals surface area contributed by atoms with E-state index in [9.17, 15) is 0 Å². The van der Waals surface area contributed by atoms with Gasteiger partial charge in [0.05, 0.1) is 25.6 Å². The predicted molar refractivity (Wildman–Crippen MR) is 117 cm³/mol. The first-order valence-corrected chi connectivity index (χ1v) is 9.94. The van der Waals surface area contributed by atoms with Gasteiger partial charge in [0.2, 0.25) is 4.80 Å². The monoisotopic (exact) mass is 475 g/mol. The van der Waals surface area contributed by atoms with Crippen LogP contribution in [0, 0.1) is 3.57 Å². The van der Waals surface area contributed by atoms with Crippen molar-refractivity contribution in [2.75, 3.05) is 13.7 Å². The van der Waals surface area contributed by atoms with Crippen molar-refractivity contribution in [3.8, 4) is 17.0 Å². The van der Waals surface area contributed by atoms with E-state index in [2.05, 4.69) is 40.2 Å². The molecule has 132 valence electrons. The molecule has 1 aromatic heterocycles. The van der Waals surface area contributed by atoms with Crippen LogP contribution in [0.1, 0.15) is 5.56 Å².